The number of ether oxygens (including phenoxy) is 1. The van der Waals surface area contributed by atoms with Crippen molar-refractivity contribution in [2.75, 3.05) is 5.32 Å². The molecule has 0 fully saturated rings. The number of nitrogens with zero attached hydrogens (tertiary/aromatic N) is 3. The van der Waals surface area contributed by atoms with E-state index in [-0.39, 0.29) is 24.2 Å². The molecular weight excluding hydrogens is 344 g/mol. The van der Waals surface area contributed by atoms with E-state index in [4.69, 9.17) is 9.26 Å². The Bertz CT molecular complexity index is 939. The molecule has 0 aliphatic rings. The van der Waals surface area contributed by atoms with Gasteiger partial charge in [-0.15, -0.1) is 0 Å². The monoisotopic (exact) mass is 368 g/mol. The fourth-order valence-electron chi connectivity index (χ4n) is 2.71. The van der Waals surface area contributed by atoms with Gasteiger partial charge < -0.3 is 14.6 Å². The number of carbonyl (C=O) groups excluding carboxylic acids is 1. The third kappa shape index (κ3) is 4.19. The first kappa shape index (κ1) is 18.7. The molecule has 0 saturated carbocycles. The summed E-state index contributed by atoms with van der Waals surface area (Å²) in [7, 11) is 0. The van der Waals surface area contributed by atoms with E-state index in [1.165, 1.54) is 0 Å². The van der Waals surface area contributed by atoms with Gasteiger partial charge in [0.25, 0.3) is 5.91 Å². The summed E-state index contributed by atoms with van der Waals surface area (Å²) < 4.78 is 12.8. The van der Waals surface area contributed by atoms with E-state index in [1.54, 1.807) is 11.6 Å². The standard InChI is InChI=1S/C20H24N4O3/c1-12(2)24-18(10-14(4)22-24)21-20(25)19-17(15(5)27-23-19)11-26-16-8-6-13(3)7-9-16/h6-10,12H,11H2,1-5H3,(H,21,25). The van der Waals surface area contributed by atoms with Crippen LogP contribution in [0.4, 0.5) is 5.82 Å². The van der Waals surface area contributed by atoms with Crippen LogP contribution in [-0.2, 0) is 6.61 Å². The van der Waals surface area contributed by atoms with Crippen molar-refractivity contribution in [1.82, 2.24) is 14.9 Å². The first-order chi connectivity index (χ1) is 12.8. The van der Waals surface area contributed by atoms with Gasteiger partial charge in [0.15, 0.2) is 5.69 Å². The van der Waals surface area contributed by atoms with Crippen molar-refractivity contribution >= 4 is 11.7 Å². The fraction of sp³-hybridized carbons (Fsp3) is 0.350. The molecule has 27 heavy (non-hydrogen) atoms. The van der Waals surface area contributed by atoms with E-state index in [2.05, 4.69) is 15.6 Å². The smallest absolute Gasteiger partial charge is 0.279 e. The van der Waals surface area contributed by atoms with E-state index < -0.39 is 0 Å². The maximum Gasteiger partial charge on any atom is 0.279 e. The molecule has 1 amide bonds. The van der Waals surface area contributed by atoms with Crippen LogP contribution in [0.15, 0.2) is 34.9 Å². The van der Waals surface area contributed by atoms with Crippen molar-refractivity contribution in [1.29, 1.82) is 0 Å². The van der Waals surface area contributed by atoms with E-state index in [0.717, 1.165) is 17.0 Å². The fourth-order valence-corrected chi connectivity index (χ4v) is 2.71. The maximum absolute atomic E-state index is 12.8. The normalized spacial score (nSPS) is 11.0. The second kappa shape index (κ2) is 7.65. The van der Waals surface area contributed by atoms with Crippen molar-refractivity contribution in [2.24, 2.45) is 0 Å². The van der Waals surface area contributed by atoms with Crippen LogP contribution in [0.25, 0.3) is 0 Å². The number of hydrogen-bond acceptors (Lipinski definition) is 5. The first-order valence-electron chi connectivity index (χ1n) is 8.87. The Morgan fingerprint density at radius 1 is 1.22 bits per heavy atom. The van der Waals surface area contributed by atoms with Gasteiger partial charge in [0.2, 0.25) is 0 Å². The number of amides is 1. The summed E-state index contributed by atoms with van der Waals surface area (Å²) in [5.41, 5.74) is 2.83. The van der Waals surface area contributed by atoms with Crippen LogP contribution < -0.4 is 10.1 Å². The van der Waals surface area contributed by atoms with E-state index in [9.17, 15) is 4.79 Å². The number of hydrogen-bond donors (Lipinski definition) is 1. The maximum atomic E-state index is 12.8. The highest BCUT2D eigenvalue weighted by atomic mass is 16.5. The molecule has 0 aliphatic carbocycles. The van der Waals surface area contributed by atoms with Gasteiger partial charge in [-0.05, 0) is 46.8 Å². The van der Waals surface area contributed by atoms with Gasteiger partial charge >= 0.3 is 0 Å². The molecule has 1 aromatic carbocycles. The van der Waals surface area contributed by atoms with Crippen molar-refractivity contribution in [3.63, 3.8) is 0 Å². The van der Waals surface area contributed by atoms with Crippen molar-refractivity contribution in [3.8, 4) is 5.75 Å². The van der Waals surface area contributed by atoms with E-state index in [0.29, 0.717) is 17.1 Å². The number of carbonyl (C=O) groups is 1. The molecule has 142 valence electrons. The average molecular weight is 368 g/mol. The Balaban J connectivity index is 1.77. The predicted octanol–water partition coefficient (Wildman–Crippen LogP) is 4.21. The highest BCUT2D eigenvalue weighted by molar-refractivity contribution is 6.03. The van der Waals surface area contributed by atoms with Gasteiger partial charge in [-0.3, -0.25) is 4.79 Å². The molecule has 2 heterocycles. The number of nitrogens with one attached hydrogen (secondary N) is 1. The first-order valence-corrected chi connectivity index (χ1v) is 8.87. The molecule has 7 nitrogen and oxygen atoms in total. The van der Waals surface area contributed by atoms with Gasteiger partial charge in [0, 0.05) is 12.1 Å². The third-order valence-corrected chi connectivity index (χ3v) is 4.19. The number of aryl methyl sites for hydroxylation is 3. The lowest BCUT2D eigenvalue weighted by Crippen LogP contribution is -2.19. The Morgan fingerprint density at radius 2 is 1.93 bits per heavy atom. The number of anilines is 1. The lowest BCUT2D eigenvalue weighted by Gasteiger charge is -2.11. The van der Waals surface area contributed by atoms with Gasteiger partial charge in [-0.25, -0.2) is 4.68 Å². The summed E-state index contributed by atoms with van der Waals surface area (Å²) in [4.78, 5) is 12.8. The van der Waals surface area contributed by atoms with Crippen LogP contribution in [-0.4, -0.2) is 20.8 Å². The third-order valence-electron chi connectivity index (χ3n) is 4.19. The van der Waals surface area contributed by atoms with Crippen molar-refractivity contribution in [2.45, 2.75) is 47.3 Å². The zero-order chi connectivity index (χ0) is 19.6. The molecule has 0 aliphatic heterocycles. The van der Waals surface area contributed by atoms with Crippen LogP contribution in [0.3, 0.4) is 0 Å². The molecule has 3 rings (SSSR count). The van der Waals surface area contributed by atoms with Gasteiger partial charge in [0.1, 0.15) is 23.9 Å². The molecule has 3 aromatic rings. The Kier molecular flexibility index (Phi) is 5.30. The summed E-state index contributed by atoms with van der Waals surface area (Å²) >= 11 is 0. The number of rotatable bonds is 6. The quantitative estimate of drug-likeness (QED) is 0.705. The van der Waals surface area contributed by atoms with Crippen molar-refractivity contribution < 1.29 is 14.1 Å². The average Bonchev–Trinajstić information content (AvgIpc) is 3.17. The zero-order valence-electron chi connectivity index (χ0n) is 16.2. The lowest BCUT2D eigenvalue weighted by atomic mass is 10.2. The van der Waals surface area contributed by atoms with Crippen LogP contribution in [0, 0.1) is 20.8 Å². The molecule has 0 unspecified atom stereocenters. The molecule has 2 aromatic heterocycles. The van der Waals surface area contributed by atoms with Gasteiger partial charge in [-0.2, -0.15) is 5.10 Å². The Labute approximate surface area is 158 Å². The van der Waals surface area contributed by atoms with Crippen LogP contribution in [0.2, 0.25) is 0 Å². The SMILES string of the molecule is Cc1ccc(OCc2c(C(=O)Nc3cc(C)nn3C(C)C)noc2C)cc1. The second-order valence-electron chi connectivity index (χ2n) is 6.83. The predicted molar refractivity (Wildman–Crippen MR) is 102 cm³/mol. The van der Waals surface area contributed by atoms with Crippen molar-refractivity contribution in [3.05, 3.63) is 58.6 Å². The van der Waals surface area contributed by atoms with E-state index >= 15 is 0 Å². The Hall–Kier alpha value is -3.09. The number of aromatic nitrogens is 3. The van der Waals surface area contributed by atoms with Gasteiger partial charge in [-0.1, -0.05) is 22.9 Å². The highest BCUT2D eigenvalue weighted by Gasteiger charge is 2.22. The minimum atomic E-state index is -0.351. The topological polar surface area (TPSA) is 82.2 Å². The Morgan fingerprint density at radius 3 is 2.59 bits per heavy atom. The molecule has 1 N–H and O–H groups in total. The molecule has 0 spiro atoms. The molecule has 0 saturated heterocycles. The summed E-state index contributed by atoms with van der Waals surface area (Å²) in [5.74, 6) is 1.55. The number of benzene rings is 1. The molecule has 0 radical (unpaired) electrons. The summed E-state index contributed by atoms with van der Waals surface area (Å²) in [5, 5.41) is 11.2. The van der Waals surface area contributed by atoms with Crippen LogP contribution >= 0.6 is 0 Å². The molecule has 0 atom stereocenters. The molecule has 7 heteroatoms. The van der Waals surface area contributed by atoms with E-state index in [1.807, 2.05) is 58.0 Å². The van der Waals surface area contributed by atoms with Crippen LogP contribution in [0.5, 0.6) is 5.75 Å². The van der Waals surface area contributed by atoms with Gasteiger partial charge in [0.05, 0.1) is 11.3 Å². The summed E-state index contributed by atoms with van der Waals surface area (Å²) in [6.07, 6.45) is 0. The minimum Gasteiger partial charge on any atom is -0.489 e. The minimum absolute atomic E-state index is 0.123. The summed E-state index contributed by atoms with van der Waals surface area (Å²) in [6.45, 7) is 9.87. The van der Waals surface area contributed by atoms with Crippen LogP contribution in [0.1, 0.15) is 53.0 Å². The second-order valence-corrected chi connectivity index (χ2v) is 6.83. The molecule has 0 bridgehead atoms. The lowest BCUT2D eigenvalue weighted by molar-refractivity contribution is 0.101. The molecular formula is C20H24N4O3. The largest absolute Gasteiger partial charge is 0.489 e. The zero-order valence-corrected chi connectivity index (χ0v) is 16.2. The summed E-state index contributed by atoms with van der Waals surface area (Å²) in [6, 6.07) is 9.67. The highest BCUT2D eigenvalue weighted by Crippen LogP contribution is 2.21.